The zero-order valence-electron chi connectivity index (χ0n) is 20.4. The molecule has 1 aromatic carbocycles. The Labute approximate surface area is 220 Å². The number of phenolic OH excluding ortho intramolecular Hbond substituents is 1. The quantitative estimate of drug-likeness (QED) is 0.0792. The normalized spacial score (nSPS) is 14.0. The van der Waals surface area contributed by atoms with Crippen molar-refractivity contribution in [3.8, 4) is 5.75 Å². The van der Waals surface area contributed by atoms with E-state index in [1.54, 1.807) is 12.1 Å². The number of primary amides is 1. The molecule has 4 unspecified atom stereocenters. The molecule has 0 bridgehead atoms. The van der Waals surface area contributed by atoms with Gasteiger partial charge >= 0.3 is 5.97 Å². The number of nitrogens with one attached hydrogen (secondary N) is 3. The highest BCUT2D eigenvalue weighted by Crippen LogP contribution is 2.12. The zero-order chi connectivity index (χ0) is 28.0. The highest BCUT2D eigenvalue weighted by Gasteiger charge is 2.30. The molecule has 37 heavy (non-hydrogen) atoms. The number of carboxylic acid groups (broad SMARTS) is 1. The smallest absolute Gasteiger partial charge is 0.326 e. The number of nitrogens with two attached hydrogens (primary N) is 3. The molecule has 0 aliphatic rings. The van der Waals surface area contributed by atoms with Crippen molar-refractivity contribution in [1.29, 1.82) is 0 Å². The van der Waals surface area contributed by atoms with Crippen LogP contribution in [0.5, 0.6) is 5.75 Å². The average Bonchev–Trinajstić information content (AvgIpc) is 2.85. The summed E-state index contributed by atoms with van der Waals surface area (Å²) in [6.07, 6.45) is 1.07. The Morgan fingerprint density at radius 2 is 1.43 bits per heavy atom. The summed E-state index contributed by atoms with van der Waals surface area (Å²) in [7, 11) is 0. The molecule has 1 aromatic rings. The Bertz CT molecular complexity index is 931. The van der Waals surface area contributed by atoms with Crippen LogP contribution in [-0.4, -0.2) is 76.3 Å². The lowest BCUT2D eigenvalue weighted by molar-refractivity contribution is -0.142. The molecular weight excluding hydrogens is 504 g/mol. The van der Waals surface area contributed by atoms with Crippen LogP contribution in [0.25, 0.3) is 0 Å². The Morgan fingerprint density at radius 1 is 0.865 bits per heavy atom. The van der Waals surface area contributed by atoms with E-state index >= 15 is 0 Å². The molecule has 0 aromatic heterocycles. The van der Waals surface area contributed by atoms with E-state index in [2.05, 4.69) is 28.6 Å². The van der Waals surface area contributed by atoms with Gasteiger partial charge in [-0.3, -0.25) is 19.2 Å². The van der Waals surface area contributed by atoms with Crippen LogP contribution >= 0.6 is 12.6 Å². The summed E-state index contributed by atoms with van der Waals surface area (Å²) in [5.41, 5.74) is 16.9. The molecule has 206 valence electrons. The van der Waals surface area contributed by atoms with E-state index in [4.69, 9.17) is 17.2 Å². The molecule has 0 aliphatic heterocycles. The van der Waals surface area contributed by atoms with Crippen LogP contribution < -0.4 is 33.2 Å². The number of phenols is 1. The first-order chi connectivity index (χ1) is 17.5. The largest absolute Gasteiger partial charge is 0.508 e. The van der Waals surface area contributed by atoms with Crippen LogP contribution in [0.3, 0.4) is 0 Å². The van der Waals surface area contributed by atoms with Gasteiger partial charge in [0.05, 0.1) is 6.04 Å². The van der Waals surface area contributed by atoms with Crippen molar-refractivity contribution in [3.05, 3.63) is 29.8 Å². The lowest BCUT2D eigenvalue weighted by Crippen LogP contribution is -2.58. The first-order valence-corrected chi connectivity index (χ1v) is 12.4. The van der Waals surface area contributed by atoms with Crippen molar-refractivity contribution in [1.82, 2.24) is 16.0 Å². The number of carboxylic acids is 1. The first-order valence-electron chi connectivity index (χ1n) is 11.7. The number of rotatable bonds is 17. The van der Waals surface area contributed by atoms with Crippen LogP contribution in [0, 0.1) is 0 Å². The topological polar surface area (TPSA) is 240 Å². The highest BCUT2D eigenvalue weighted by atomic mass is 32.1. The van der Waals surface area contributed by atoms with Crippen molar-refractivity contribution in [3.63, 3.8) is 0 Å². The maximum Gasteiger partial charge on any atom is 0.326 e. The Kier molecular flexibility index (Phi) is 14.0. The molecule has 0 saturated heterocycles. The molecule has 0 heterocycles. The Balaban J connectivity index is 2.98. The van der Waals surface area contributed by atoms with Crippen molar-refractivity contribution < 1.29 is 34.2 Å². The molecule has 0 aliphatic carbocycles. The number of carbonyl (C=O) groups is 5. The number of carbonyl (C=O) groups excluding carboxylic acids is 4. The summed E-state index contributed by atoms with van der Waals surface area (Å²) in [5.74, 6) is -4.20. The van der Waals surface area contributed by atoms with Crippen LogP contribution in [0.15, 0.2) is 24.3 Å². The molecule has 11 N–H and O–H groups in total. The van der Waals surface area contributed by atoms with Crippen LogP contribution in [0.2, 0.25) is 0 Å². The minimum Gasteiger partial charge on any atom is -0.508 e. The van der Waals surface area contributed by atoms with Crippen molar-refractivity contribution in [2.24, 2.45) is 17.2 Å². The molecule has 1 rings (SSSR count). The van der Waals surface area contributed by atoms with Gasteiger partial charge in [-0.1, -0.05) is 12.1 Å². The van der Waals surface area contributed by atoms with E-state index in [9.17, 15) is 34.2 Å². The van der Waals surface area contributed by atoms with Crippen molar-refractivity contribution in [2.45, 2.75) is 62.7 Å². The van der Waals surface area contributed by atoms with E-state index in [-0.39, 0.29) is 37.2 Å². The molecule has 0 radical (unpaired) electrons. The second-order valence-corrected chi connectivity index (χ2v) is 8.84. The summed E-state index contributed by atoms with van der Waals surface area (Å²) in [6.45, 7) is 0.385. The van der Waals surface area contributed by atoms with E-state index in [0.29, 0.717) is 24.9 Å². The maximum absolute atomic E-state index is 13.1. The molecule has 0 saturated carbocycles. The lowest BCUT2D eigenvalue weighted by Gasteiger charge is -2.24. The third-order valence-electron chi connectivity index (χ3n) is 5.42. The van der Waals surface area contributed by atoms with Gasteiger partial charge < -0.3 is 43.4 Å². The van der Waals surface area contributed by atoms with Crippen molar-refractivity contribution >= 4 is 42.2 Å². The molecule has 4 atom stereocenters. The summed E-state index contributed by atoms with van der Waals surface area (Å²) >= 11 is 4.10. The molecule has 4 amide bonds. The van der Waals surface area contributed by atoms with Gasteiger partial charge in [0, 0.05) is 18.6 Å². The maximum atomic E-state index is 13.1. The molecule has 14 heteroatoms. The monoisotopic (exact) mass is 540 g/mol. The third-order valence-corrected chi connectivity index (χ3v) is 5.79. The van der Waals surface area contributed by atoms with Gasteiger partial charge in [-0.2, -0.15) is 12.6 Å². The Hall–Kier alpha value is -3.36. The summed E-state index contributed by atoms with van der Waals surface area (Å²) in [5, 5.41) is 26.3. The predicted octanol–water partition coefficient (Wildman–Crippen LogP) is -1.87. The fourth-order valence-electron chi connectivity index (χ4n) is 3.27. The summed E-state index contributed by atoms with van der Waals surface area (Å²) in [6, 6.07) is 1.25. The number of benzene rings is 1. The van der Waals surface area contributed by atoms with Gasteiger partial charge in [0.15, 0.2) is 0 Å². The number of amides is 4. The summed E-state index contributed by atoms with van der Waals surface area (Å²) < 4.78 is 0. The minimum absolute atomic E-state index is 0.00789. The number of hydrogen-bond acceptors (Lipinski definition) is 9. The number of aliphatic carboxylic acids is 1. The number of thiol groups is 1. The van der Waals surface area contributed by atoms with Crippen LogP contribution in [-0.2, 0) is 30.4 Å². The highest BCUT2D eigenvalue weighted by molar-refractivity contribution is 7.80. The van der Waals surface area contributed by atoms with Gasteiger partial charge in [0.25, 0.3) is 0 Å². The molecule has 0 fully saturated rings. The van der Waals surface area contributed by atoms with Gasteiger partial charge in [-0.15, -0.1) is 0 Å². The molecule has 0 spiro atoms. The standard InChI is InChI=1S/C23H36N6O7S/c24-10-2-1-3-16(23(35)36)27-22(34)18(12-37)29-21(33)17(11-13-4-6-14(30)7-5-13)28-20(32)15(25)8-9-19(26)31/h4-7,15-18,30,37H,1-3,8-12,24-25H2,(H2,26,31)(H,27,34)(H,28,32)(H,29,33)(H,35,36). The van der Waals surface area contributed by atoms with Crippen LogP contribution in [0.4, 0.5) is 0 Å². The Morgan fingerprint density at radius 3 is 1.97 bits per heavy atom. The minimum atomic E-state index is -1.22. The van der Waals surface area contributed by atoms with Gasteiger partial charge in [0.1, 0.15) is 23.9 Å². The first kappa shape index (κ1) is 31.7. The predicted molar refractivity (Wildman–Crippen MR) is 138 cm³/mol. The van der Waals surface area contributed by atoms with E-state index in [1.807, 2.05) is 0 Å². The lowest BCUT2D eigenvalue weighted by atomic mass is 10.0. The fourth-order valence-corrected chi connectivity index (χ4v) is 3.53. The van der Waals surface area contributed by atoms with Gasteiger partial charge in [0.2, 0.25) is 23.6 Å². The second kappa shape index (κ2) is 16.4. The van der Waals surface area contributed by atoms with E-state index < -0.39 is 53.8 Å². The number of unbranched alkanes of at least 4 members (excludes halogenated alkanes) is 1. The molecular formula is C23H36N6O7S. The van der Waals surface area contributed by atoms with Crippen LogP contribution in [0.1, 0.15) is 37.7 Å². The van der Waals surface area contributed by atoms with E-state index in [0.717, 1.165) is 0 Å². The fraction of sp³-hybridized carbons (Fsp3) is 0.522. The zero-order valence-corrected chi connectivity index (χ0v) is 21.3. The van der Waals surface area contributed by atoms with E-state index in [1.165, 1.54) is 12.1 Å². The number of hydrogen-bond donors (Lipinski definition) is 9. The van der Waals surface area contributed by atoms with Crippen molar-refractivity contribution in [2.75, 3.05) is 12.3 Å². The SMILES string of the molecule is NCCCCC(NC(=O)C(CS)NC(=O)C(Cc1ccc(O)cc1)NC(=O)C(N)CCC(N)=O)C(=O)O. The number of aromatic hydroxyl groups is 1. The average molecular weight is 541 g/mol. The third kappa shape index (κ3) is 11.9. The molecule has 13 nitrogen and oxygen atoms in total. The van der Waals surface area contributed by atoms with Gasteiger partial charge in [-0.25, -0.2) is 4.79 Å². The second-order valence-electron chi connectivity index (χ2n) is 8.47. The van der Waals surface area contributed by atoms with Gasteiger partial charge in [-0.05, 0) is 49.9 Å². The summed E-state index contributed by atoms with van der Waals surface area (Å²) in [4.78, 5) is 60.9.